The quantitative estimate of drug-likeness (QED) is 0.923. The van der Waals surface area contributed by atoms with Crippen LogP contribution in [0.4, 0.5) is 14.5 Å². The third-order valence-corrected chi connectivity index (χ3v) is 2.27. The van der Waals surface area contributed by atoms with E-state index in [2.05, 4.69) is 15.0 Å². The predicted molar refractivity (Wildman–Crippen MR) is 65.3 cm³/mol. The molecule has 0 saturated heterocycles. The monoisotopic (exact) mass is 264 g/mol. The second-order valence-electron chi connectivity index (χ2n) is 3.57. The zero-order valence-corrected chi connectivity index (χ0v) is 9.72. The first-order chi connectivity index (χ1) is 9.16. The number of rotatable bonds is 4. The van der Waals surface area contributed by atoms with Gasteiger partial charge in [-0.1, -0.05) is 12.1 Å². The van der Waals surface area contributed by atoms with E-state index in [0.29, 0.717) is 5.69 Å². The number of benzene rings is 1. The van der Waals surface area contributed by atoms with Crippen LogP contribution < -0.4 is 10.1 Å². The summed E-state index contributed by atoms with van der Waals surface area (Å²) < 4.78 is 28.7. The van der Waals surface area contributed by atoms with Gasteiger partial charge in [0.15, 0.2) is 0 Å². The second kappa shape index (κ2) is 5.90. The molecule has 1 heterocycles. The Morgan fingerprint density at radius 1 is 1.21 bits per heavy atom. The maximum Gasteiger partial charge on any atom is 0.387 e. The van der Waals surface area contributed by atoms with Crippen molar-refractivity contribution < 1.29 is 18.3 Å². The molecular formula is C13H10F2N2O2. The largest absolute Gasteiger partial charge is 0.434 e. The van der Waals surface area contributed by atoms with Gasteiger partial charge in [0.25, 0.3) is 5.91 Å². The second-order valence-corrected chi connectivity index (χ2v) is 3.57. The Labute approximate surface area is 108 Å². The van der Waals surface area contributed by atoms with E-state index in [1.807, 2.05) is 0 Å². The van der Waals surface area contributed by atoms with Crippen molar-refractivity contribution >= 4 is 11.6 Å². The number of halogens is 2. The number of amides is 1. The van der Waals surface area contributed by atoms with Gasteiger partial charge in [-0.25, -0.2) is 0 Å². The summed E-state index contributed by atoms with van der Waals surface area (Å²) >= 11 is 0. The number of anilines is 1. The zero-order valence-electron chi connectivity index (χ0n) is 9.72. The number of nitrogens with one attached hydrogen (secondary N) is 1. The highest BCUT2D eigenvalue weighted by Gasteiger charge is 2.15. The molecule has 1 N–H and O–H groups in total. The van der Waals surface area contributed by atoms with Gasteiger partial charge in [0.05, 0.1) is 17.4 Å². The van der Waals surface area contributed by atoms with Crippen molar-refractivity contribution in [2.45, 2.75) is 6.61 Å². The molecule has 0 aliphatic rings. The van der Waals surface area contributed by atoms with E-state index in [4.69, 9.17) is 0 Å². The molecule has 98 valence electrons. The van der Waals surface area contributed by atoms with Gasteiger partial charge in [0.2, 0.25) is 0 Å². The molecule has 1 amide bonds. The smallest absolute Gasteiger partial charge is 0.387 e. The van der Waals surface area contributed by atoms with Crippen molar-refractivity contribution in [3.05, 3.63) is 54.4 Å². The van der Waals surface area contributed by atoms with Gasteiger partial charge in [-0.2, -0.15) is 8.78 Å². The Bertz CT molecular complexity index is 562. The third-order valence-electron chi connectivity index (χ3n) is 2.27. The van der Waals surface area contributed by atoms with Gasteiger partial charge in [-0.3, -0.25) is 9.78 Å². The summed E-state index contributed by atoms with van der Waals surface area (Å²) in [5, 5.41) is 2.55. The van der Waals surface area contributed by atoms with Crippen molar-refractivity contribution in [2.75, 3.05) is 5.32 Å². The molecule has 0 fully saturated rings. The Morgan fingerprint density at radius 2 is 2.00 bits per heavy atom. The number of aromatic nitrogens is 1. The maximum absolute atomic E-state index is 12.2. The highest BCUT2D eigenvalue weighted by Crippen LogP contribution is 2.21. The summed E-state index contributed by atoms with van der Waals surface area (Å²) in [5.74, 6) is -0.705. The summed E-state index contributed by atoms with van der Waals surface area (Å²) in [6, 6.07) is 9.08. The van der Waals surface area contributed by atoms with Crippen LogP contribution in [0.5, 0.6) is 5.75 Å². The molecule has 0 radical (unpaired) electrons. The van der Waals surface area contributed by atoms with Crippen LogP contribution in [-0.2, 0) is 0 Å². The maximum atomic E-state index is 12.2. The Hall–Kier alpha value is -2.50. The van der Waals surface area contributed by atoms with Crippen LogP contribution in [0.15, 0.2) is 48.8 Å². The van der Waals surface area contributed by atoms with Crippen LogP contribution in [0.2, 0.25) is 0 Å². The summed E-state index contributed by atoms with van der Waals surface area (Å²) in [7, 11) is 0. The molecule has 1 aromatic heterocycles. The normalized spacial score (nSPS) is 10.3. The van der Waals surface area contributed by atoms with Crippen molar-refractivity contribution in [1.82, 2.24) is 4.98 Å². The zero-order chi connectivity index (χ0) is 13.7. The molecule has 19 heavy (non-hydrogen) atoms. The minimum absolute atomic E-state index is 0.0339. The number of pyridine rings is 1. The highest BCUT2D eigenvalue weighted by molar-refractivity contribution is 6.06. The lowest BCUT2D eigenvalue weighted by molar-refractivity contribution is -0.0501. The number of carbonyl (C=O) groups excluding carboxylic acids is 1. The standard InChI is InChI=1S/C13H10F2N2O2/c14-13(15)19-11-6-2-1-5-10(11)12(18)17-9-4-3-7-16-8-9/h1-8,13H,(H,17,18). The lowest BCUT2D eigenvalue weighted by Crippen LogP contribution is -2.15. The summed E-state index contributed by atoms with van der Waals surface area (Å²) in [6.45, 7) is -2.98. The van der Waals surface area contributed by atoms with E-state index < -0.39 is 12.5 Å². The minimum Gasteiger partial charge on any atom is -0.434 e. The lowest BCUT2D eigenvalue weighted by Gasteiger charge is -2.10. The van der Waals surface area contributed by atoms with E-state index in [-0.39, 0.29) is 11.3 Å². The molecule has 0 spiro atoms. The molecule has 2 rings (SSSR count). The van der Waals surface area contributed by atoms with Gasteiger partial charge < -0.3 is 10.1 Å². The van der Waals surface area contributed by atoms with Crippen molar-refractivity contribution in [3.8, 4) is 5.75 Å². The van der Waals surface area contributed by atoms with Gasteiger partial charge in [0.1, 0.15) is 5.75 Å². The summed E-state index contributed by atoms with van der Waals surface area (Å²) in [6.07, 6.45) is 3.01. The molecule has 0 saturated carbocycles. The van der Waals surface area contributed by atoms with Crippen LogP contribution in [0, 0.1) is 0 Å². The number of hydrogen-bond donors (Lipinski definition) is 1. The fourth-order valence-electron chi connectivity index (χ4n) is 1.49. The lowest BCUT2D eigenvalue weighted by atomic mass is 10.2. The topological polar surface area (TPSA) is 51.2 Å². The van der Waals surface area contributed by atoms with Crippen molar-refractivity contribution in [1.29, 1.82) is 0 Å². The Morgan fingerprint density at radius 3 is 2.68 bits per heavy atom. The molecule has 0 unspecified atom stereocenters. The van der Waals surface area contributed by atoms with Crippen LogP contribution >= 0.6 is 0 Å². The Balaban J connectivity index is 2.19. The molecule has 0 aliphatic heterocycles. The SMILES string of the molecule is O=C(Nc1cccnc1)c1ccccc1OC(F)F. The number of carbonyl (C=O) groups is 1. The molecule has 0 atom stereocenters. The first-order valence-electron chi connectivity index (χ1n) is 5.42. The first kappa shape index (κ1) is 12.9. The average Bonchev–Trinajstić information content (AvgIpc) is 2.39. The highest BCUT2D eigenvalue weighted by atomic mass is 19.3. The summed E-state index contributed by atoms with van der Waals surface area (Å²) in [5.41, 5.74) is 0.506. The van der Waals surface area contributed by atoms with Crippen molar-refractivity contribution in [2.24, 2.45) is 0 Å². The summed E-state index contributed by atoms with van der Waals surface area (Å²) in [4.78, 5) is 15.8. The number of nitrogens with zero attached hydrogens (tertiary/aromatic N) is 1. The van der Waals surface area contributed by atoms with E-state index in [1.54, 1.807) is 24.4 Å². The van der Waals surface area contributed by atoms with E-state index in [1.165, 1.54) is 24.4 Å². The number of alkyl halides is 2. The molecule has 2 aromatic rings. The van der Waals surface area contributed by atoms with Crippen LogP contribution in [0.25, 0.3) is 0 Å². The van der Waals surface area contributed by atoms with Crippen LogP contribution in [0.1, 0.15) is 10.4 Å². The first-order valence-corrected chi connectivity index (χ1v) is 5.42. The average molecular weight is 264 g/mol. The number of ether oxygens (including phenoxy) is 1. The Kier molecular flexibility index (Phi) is 4.02. The van der Waals surface area contributed by atoms with Gasteiger partial charge in [-0.15, -0.1) is 0 Å². The molecule has 4 nitrogen and oxygen atoms in total. The van der Waals surface area contributed by atoms with E-state index in [0.717, 1.165) is 0 Å². The van der Waals surface area contributed by atoms with Crippen LogP contribution in [0.3, 0.4) is 0 Å². The van der Waals surface area contributed by atoms with Gasteiger partial charge in [0, 0.05) is 6.20 Å². The third kappa shape index (κ3) is 3.48. The van der Waals surface area contributed by atoms with Gasteiger partial charge in [-0.05, 0) is 24.3 Å². The molecule has 1 aromatic carbocycles. The van der Waals surface area contributed by atoms with Crippen molar-refractivity contribution in [3.63, 3.8) is 0 Å². The fraction of sp³-hybridized carbons (Fsp3) is 0.0769. The van der Waals surface area contributed by atoms with E-state index >= 15 is 0 Å². The molecular weight excluding hydrogens is 254 g/mol. The molecule has 0 aliphatic carbocycles. The number of para-hydroxylation sites is 1. The van der Waals surface area contributed by atoms with E-state index in [9.17, 15) is 13.6 Å². The molecule has 0 bridgehead atoms. The fourth-order valence-corrected chi connectivity index (χ4v) is 1.49. The van der Waals surface area contributed by atoms with Gasteiger partial charge >= 0.3 is 6.61 Å². The minimum atomic E-state index is -2.98. The molecule has 6 heteroatoms. The predicted octanol–water partition coefficient (Wildman–Crippen LogP) is 2.94. The van der Waals surface area contributed by atoms with Crippen LogP contribution in [-0.4, -0.2) is 17.5 Å². The number of hydrogen-bond acceptors (Lipinski definition) is 3.